The number of halogens is 3. The largest absolute Gasteiger partial charge is 0.487 e. The molecule has 110 valence electrons. The predicted molar refractivity (Wildman–Crippen MR) is 83.4 cm³/mol. The summed E-state index contributed by atoms with van der Waals surface area (Å²) in [6.07, 6.45) is 0. The molecule has 7 heteroatoms. The van der Waals surface area contributed by atoms with Crippen LogP contribution in [0, 0.1) is 10.1 Å². The van der Waals surface area contributed by atoms with E-state index in [1.807, 2.05) is 0 Å². The van der Waals surface area contributed by atoms with Crippen LogP contribution in [0.1, 0.15) is 11.1 Å². The highest BCUT2D eigenvalue weighted by molar-refractivity contribution is 6.32. The van der Waals surface area contributed by atoms with E-state index in [4.69, 9.17) is 39.5 Å². The third-order valence-electron chi connectivity index (χ3n) is 2.81. The van der Waals surface area contributed by atoms with Crippen LogP contribution in [0.4, 0.5) is 5.69 Å². The quantitative estimate of drug-likeness (QED) is 0.424. The molecule has 0 saturated carbocycles. The minimum absolute atomic E-state index is 0.0457. The van der Waals surface area contributed by atoms with Crippen molar-refractivity contribution in [2.24, 2.45) is 0 Å². The highest BCUT2D eigenvalue weighted by Crippen LogP contribution is 2.30. The van der Waals surface area contributed by atoms with Crippen LogP contribution in [0.2, 0.25) is 10.0 Å². The number of ether oxygens (including phenoxy) is 1. The number of hydrogen-bond donors (Lipinski definition) is 0. The lowest BCUT2D eigenvalue weighted by molar-refractivity contribution is -0.385. The van der Waals surface area contributed by atoms with Crippen molar-refractivity contribution >= 4 is 40.5 Å². The van der Waals surface area contributed by atoms with E-state index in [1.54, 1.807) is 24.3 Å². The second-order valence-electron chi connectivity index (χ2n) is 4.18. The molecule has 0 N–H and O–H groups in total. The van der Waals surface area contributed by atoms with Gasteiger partial charge in [0, 0.05) is 11.9 Å². The fourth-order valence-electron chi connectivity index (χ4n) is 1.76. The van der Waals surface area contributed by atoms with Gasteiger partial charge >= 0.3 is 0 Å². The SMILES string of the molecule is O=[N+]([O-])c1cccc(Cl)c1COc1ccc(CCl)cc1Cl. The highest BCUT2D eigenvalue weighted by atomic mass is 35.5. The van der Waals surface area contributed by atoms with Crippen LogP contribution in [-0.4, -0.2) is 4.92 Å². The maximum absolute atomic E-state index is 11.0. The number of hydrogen-bond acceptors (Lipinski definition) is 3. The first kappa shape index (κ1) is 15.9. The Bertz CT molecular complexity index is 677. The van der Waals surface area contributed by atoms with Crippen LogP contribution >= 0.6 is 34.8 Å². The summed E-state index contributed by atoms with van der Waals surface area (Å²) in [6, 6.07) is 9.60. The number of benzene rings is 2. The summed E-state index contributed by atoms with van der Waals surface area (Å²) in [6.45, 7) is -0.0457. The summed E-state index contributed by atoms with van der Waals surface area (Å²) in [5, 5.41) is 11.7. The molecule has 2 aromatic carbocycles. The molecule has 0 unspecified atom stereocenters. The molecule has 0 amide bonds. The van der Waals surface area contributed by atoms with Gasteiger partial charge in [0.1, 0.15) is 12.4 Å². The van der Waals surface area contributed by atoms with E-state index < -0.39 is 4.92 Å². The van der Waals surface area contributed by atoms with E-state index in [1.165, 1.54) is 12.1 Å². The van der Waals surface area contributed by atoms with E-state index >= 15 is 0 Å². The molecule has 2 rings (SSSR count). The van der Waals surface area contributed by atoms with Gasteiger partial charge in [-0.15, -0.1) is 11.6 Å². The Labute approximate surface area is 136 Å². The van der Waals surface area contributed by atoms with Gasteiger partial charge in [0.2, 0.25) is 0 Å². The van der Waals surface area contributed by atoms with Gasteiger partial charge in [0.05, 0.1) is 20.5 Å². The maximum Gasteiger partial charge on any atom is 0.277 e. The third kappa shape index (κ3) is 3.79. The van der Waals surface area contributed by atoms with Gasteiger partial charge < -0.3 is 4.74 Å². The first-order chi connectivity index (χ1) is 10.0. The molecular formula is C14H10Cl3NO3. The molecule has 0 aromatic heterocycles. The Morgan fingerprint density at radius 2 is 1.90 bits per heavy atom. The second kappa shape index (κ2) is 6.98. The Kier molecular flexibility index (Phi) is 5.28. The molecule has 0 saturated heterocycles. The summed E-state index contributed by atoms with van der Waals surface area (Å²) in [7, 11) is 0. The lowest BCUT2D eigenvalue weighted by Gasteiger charge is -2.10. The Morgan fingerprint density at radius 3 is 2.52 bits per heavy atom. The molecule has 4 nitrogen and oxygen atoms in total. The molecule has 0 heterocycles. The van der Waals surface area contributed by atoms with E-state index in [0.29, 0.717) is 22.2 Å². The molecular weight excluding hydrogens is 337 g/mol. The van der Waals surface area contributed by atoms with Gasteiger partial charge in [0.25, 0.3) is 5.69 Å². The van der Waals surface area contributed by atoms with Gasteiger partial charge in [-0.25, -0.2) is 0 Å². The predicted octanol–water partition coefficient (Wildman–Crippen LogP) is 5.22. The molecule has 0 spiro atoms. The smallest absolute Gasteiger partial charge is 0.277 e. The molecule has 0 aliphatic carbocycles. The molecule has 2 aromatic rings. The highest BCUT2D eigenvalue weighted by Gasteiger charge is 2.17. The standard InChI is InChI=1S/C14H10Cl3NO3/c15-7-9-4-5-14(12(17)6-9)21-8-10-11(16)2-1-3-13(10)18(19)20/h1-6H,7-8H2. The van der Waals surface area contributed by atoms with Gasteiger partial charge in [-0.2, -0.15) is 0 Å². The van der Waals surface area contributed by atoms with Gasteiger partial charge in [-0.3, -0.25) is 10.1 Å². The summed E-state index contributed by atoms with van der Waals surface area (Å²) >= 11 is 17.8. The van der Waals surface area contributed by atoms with E-state index in [2.05, 4.69) is 0 Å². The Balaban J connectivity index is 2.22. The van der Waals surface area contributed by atoms with Crippen molar-refractivity contribution < 1.29 is 9.66 Å². The normalized spacial score (nSPS) is 10.4. The number of nitro benzene ring substituents is 1. The van der Waals surface area contributed by atoms with Gasteiger partial charge in [-0.1, -0.05) is 35.3 Å². The van der Waals surface area contributed by atoms with Crippen LogP contribution in [0.3, 0.4) is 0 Å². The average molecular weight is 347 g/mol. The molecule has 0 radical (unpaired) electrons. The van der Waals surface area contributed by atoms with Crippen LogP contribution in [0.25, 0.3) is 0 Å². The number of rotatable bonds is 5. The minimum Gasteiger partial charge on any atom is -0.487 e. The van der Waals surface area contributed by atoms with Crippen molar-refractivity contribution in [3.8, 4) is 5.75 Å². The van der Waals surface area contributed by atoms with Gasteiger partial charge in [0.15, 0.2) is 0 Å². The van der Waals surface area contributed by atoms with Crippen molar-refractivity contribution in [1.29, 1.82) is 0 Å². The summed E-state index contributed by atoms with van der Waals surface area (Å²) in [4.78, 5) is 10.5. The summed E-state index contributed by atoms with van der Waals surface area (Å²) in [5.41, 5.74) is 1.08. The fraction of sp³-hybridized carbons (Fsp3) is 0.143. The minimum atomic E-state index is -0.497. The second-order valence-corrected chi connectivity index (χ2v) is 5.26. The first-order valence-electron chi connectivity index (χ1n) is 5.92. The van der Waals surface area contributed by atoms with Crippen molar-refractivity contribution in [2.45, 2.75) is 12.5 Å². The first-order valence-corrected chi connectivity index (χ1v) is 7.21. The van der Waals surface area contributed by atoms with Crippen LogP contribution in [0.5, 0.6) is 5.75 Å². The molecule has 0 aliphatic heterocycles. The summed E-state index contributed by atoms with van der Waals surface area (Å²) in [5.74, 6) is 0.760. The van der Waals surface area contributed by atoms with E-state index in [9.17, 15) is 10.1 Å². The van der Waals surface area contributed by atoms with E-state index in [-0.39, 0.29) is 17.3 Å². The zero-order valence-corrected chi connectivity index (χ0v) is 13.0. The van der Waals surface area contributed by atoms with Crippen molar-refractivity contribution in [3.05, 3.63) is 67.7 Å². The third-order valence-corrected chi connectivity index (χ3v) is 3.77. The lowest BCUT2D eigenvalue weighted by Crippen LogP contribution is -2.02. The van der Waals surface area contributed by atoms with Crippen molar-refractivity contribution in [3.63, 3.8) is 0 Å². The average Bonchev–Trinajstić information content (AvgIpc) is 2.46. The van der Waals surface area contributed by atoms with E-state index in [0.717, 1.165) is 5.56 Å². The van der Waals surface area contributed by atoms with Gasteiger partial charge in [-0.05, 0) is 23.8 Å². The summed E-state index contributed by atoms with van der Waals surface area (Å²) < 4.78 is 5.53. The number of alkyl halides is 1. The topological polar surface area (TPSA) is 52.4 Å². The fourth-order valence-corrected chi connectivity index (χ4v) is 2.40. The van der Waals surface area contributed by atoms with Crippen LogP contribution in [-0.2, 0) is 12.5 Å². The lowest BCUT2D eigenvalue weighted by atomic mass is 10.2. The monoisotopic (exact) mass is 345 g/mol. The van der Waals surface area contributed by atoms with Crippen molar-refractivity contribution in [1.82, 2.24) is 0 Å². The zero-order valence-electron chi connectivity index (χ0n) is 10.7. The molecule has 0 bridgehead atoms. The zero-order chi connectivity index (χ0) is 15.4. The van der Waals surface area contributed by atoms with Crippen LogP contribution in [0.15, 0.2) is 36.4 Å². The van der Waals surface area contributed by atoms with Crippen molar-refractivity contribution in [2.75, 3.05) is 0 Å². The molecule has 0 atom stereocenters. The molecule has 21 heavy (non-hydrogen) atoms. The number of nitrogens with zero attached hydrogens (tertiary/aromatic N) is 1. The Morgan fingerprint density at radius 1 is 1.14 bits per heavy atom. The number of nitro groups is 1. The Hall–Kier alpha value is -1.49. The molecule has 0 fully saturated rings. The molecule has 0 aliphatic rings. The maximum atomic E-state index is 11.0. The van der Waals surface area contributed by atoms with Crippen LogP contribution < -0.4 is 4.74 Å².